The molecular weight excluding hydrogens is 356 g/mol. The van der Waals surface area contributed by atoms with Crippen LogP contribution in [0.3, 0.4) is 0 Å². The number of hydrogen-bond donors (Lipinski definition) is 1. The van der Waals surface area contributed by atoms with E-state index < -0.39 is 12.1 Å². The molecule has 2 aliphatic carbocycles. The van der Waals surface area contributed by atoms with Crippen LogP contribution in [0.4, 0.5) is 0 Å². The number of ether oxygens (including phenoxy) is 2. The Balaban J connectivity index is 1.54. The fourth-order valence-corrected chi connectivity index (χ4v) is 4.13. The first-order chi connectivity index (χ1) is 13.7. The zero-order valence-corrected chi connectivity index (χ0v) is 16.4. The van der Waals surface area contributed by atoms with Gasteiger partial charge in [-0.05, 0) is 56.2 Å². The van der Waals surface area contributed by atoms with Crippen LogP contribution in [-0.2, 0) is 14.3 Å². The number of amides is 2. The maximum Gasteiger partial charge on any atom is 0.251 e. The molecule has 150 valence electrons. The summed E-state index contributed by atoms with van der Waals surface area (Å²) in [6, 6.07) is 7.37. The first-order valence-electron chi connectivity index (χ1n) is 10.2. The summed E-state index contributed by atoms with van der Waals surface area (Å²) in [5, 5.41) is 3.04. The van der Waals surface area contributed by atoms with Gasteiger partial charge >= 0.3 is 0 Å². The van der Waals surface area contributed by atoms with Crippen LogP contribution in [0.25, 0.3) is 0 Å². The van der Waals surface area contributed by atoms with E-state index in [-0.39, 0.29) is 24.5 Å². The van der Waals surface area contributed by atoms with Gasteiger partial charge in [-0.15, -0.1) is 0 Å². The predicted molar refractivity (Wildman–Crippen MR) is 105 cm³/mol. The lowest BCUT2D eigenvalue weighted by Gasteiger charge is -2.41. The topological polar surface area (TPSA) is 67.9 Å². The number of nitrogens with one attached hydrogen (secondary N) is 1. The van der Waals surface area contributed by atoms with Crippen molar-refractivity contribution in [2.75, 3.05) is 20.3 Å². The Bertz CT molecular complexity index is 754. The average Bonchev–Trinajstić information content (AvgIpc) is 3.57. The number of allylic oxidation sites excluding steroid dienone is 1. The van der Waals surface area contributed by atoms with E-state index in [4.69, 9.17) is 9.47 Å². The summed E-state index contributed by atoms with van der Waals surface area (Å²) in [6.07, 6.45) is 8.03. The molecule has 1 aliphatic heterocycles. The van der Waals surface area contributed by atoms with E-state index in [0.29, 0.717) is 6.54 Å². The number of morpholine rings is 1. The highest BCUT2D eigenvalue weighted by molar-refractivity contribution is 5.87. The van der Waals surface area contributed by atoms with Crippen LogP contribution < -0.4 is 10.1 Å². The fourth-order valence-electron chi connectivity index (χ4n) is 4.13. The van der Waals surface area contributed by atoms with Crippen LogP contribution in [-0.4, -0.2) is 49.1 Å². The lowest BCUT2D eigenvalue weighted by atomic mass is 9.96. The third-order valence-electron chi connectivity index (χ3n) is 5.79. The van der Waals surface area contributed by atoms with E-state index in [1.807, 2.05) is 29.2 Å². The van der Waals surface area contributed by atoms with Gasteiger partial charge in [-0.1, -0.05) is 23.8 Å². The molecule has 1 aromatic carbocycles. The van der Waals surface area contributed by atoms with Gasteiger partial charge < -0.3 is 19.7 Å². The Morgan fingerprint density at radius 2 is 2.04 bits per heavy atom. The molecule has 0 radical (unpaired) electrons. The van der Waals surface area contributed by atoms with Crippen LogP contribution in [0.2, 0.25) is 0 Å². The molecule has 0 bridgehead atoms. The molecule has 6 nitrogen and oxygen atoms in total. The van der Waals surface area contributed by atoms with Gasteiger partial charge in [-0.2, -0.15) is 0 Å². The van der Waals surface area contributed by atoms with Crippen molar-refractivity contribution in [2.45, 2.75) is 56.7 Å². The van der Waals surface area contributed by atoms with Crippen molar-refractivity contribution in [3.05, 3.63) is 41.5 Å². The molecule has 3 aliphatic rings. The average molecular weight is 384 g/mol. The Kier molecular flexibility index (Phi) is 5.67. The molecule has 28 heavy (non-hydrogen) atoms. The fraction of sp³-hybridized carbons (Fsp3) is 0.545. The van der Waals surface area contributed by atoms with E-state index in [9.17, 15) is 9.59 Å². The molecule has 2 fully saturated rings. The molecule has 6 heteroatoms. The van der Waals surface area contributed by atoms with Crippen molar-refractivity contribution in [3.63, 3.8) is 0 Å². The van der Waals surface area contributed by atoms with Crippen molar-refractivity contribution in [1.82, 2.24) is 10.2 Å². The highest BCUT2D eigenvalue weighted by Gasteiger charge is 2.47. The number of nitrogens with zero attached hydrogens (tertiary/aromatic N) is 1. The van der Waals surface area contributed by atoms with E-state index in [1.165, 1.54) is 18.4 Å². The molecule has 1 heterocycles. The van der Waals surface area contributed by atoms with Gasteiger partial charge in [0.1, 0.15) is 12.4 Å². The zero-order valence-electron chi connectivity index (χ0n) is 16.4. The molecule has 0 aromatic heterocycles. The summed E-state index contributed by atoms with van der Waals surface area (Å²) in [5.41, 5.74) is 2.18. The van der Waals surface area contributed by atoms with Gasteiger partial charge in [-0.25, -0.2) is 0 Å². The van der Waals surface area contributed by atoms with Crippen LogP contribution >= 0.6 is 0 Å². The molecule has 4 rings (SSSR count). The Morgan fingerprint density at radius 3 is 2.68 bits per heavy atom. The molecule has 0 unspecified atom stereocenters. The summed E-state index contributed by atoms with van der Waals surface area (Å²) in [5.74, 6) is 0.558. The monoisotopic (exact) mass is 384 g/mol. The van der Waals surface area contributed by atoms with Crippen LogP contribution in [0.1, 0.15) is 50.1 Å². The Morgan fingerprint density at radius 1 is 1.25 bits per heavy atom. The Labute approximate surface area is 165 Å². The maximum atomic E-state index is 13.0. The van der Waals surface area contributed by atoms with Crippen molar-refractivity contribution >= 4 is 11.8 Å². The van der Waals surface area contributed by atoms with E-state index in [0.717, 1.165) is 37.0 Å². The number of methoxy groups -OCH3 is 1. The van der Waals surface area contributed by atoms with Gasteiger partial charge in [0, 0.05) is 12.6 Å². The number of carbonyl (C=O) groups excluding carboxylic acids is 2. The highest BCUT2D eigenvalue weighted by Crippen LogP contribution is 2.40. The first kappa shape index (κ1) is 19.0. The number of carbonyl (C=O) groups is 2. The summed E-state index contributed by atoms with van der Waals surface area (Å²) in [7, 11) is 1.62. The van der Waals surface area contributed by atoms with E-state index >= 15 is 0 Å². The second-order valence-electron chi connectivity index (χ2n) is 7.81. The van der Waals surface area contributed by atoms with Crippen molar-refractivity contribution in [1.29, 1.82) is 0 Å². The predicted octanol–water partition coefficient (Wildman–Crippen LogP) is 2.74. The van der Waals surface area contributed by atoms with Crippen LogP contribution in [0.5, 0.6) is 5.75 Å². The van der Waals surface area contributed by atoms with Gasteiger partial charge in [0.2, 0.25) is 5.91 Å². The summed E-state index contributed by atoms with van der Waals surface area (Å²) in [6.45, 7) is 0.523. The second-order valence-corrected chi connectivity index (χ2v) is 7.81. The highest BCUT2D eigenvalue weighted by atomic mass is 16.5. The molecule has 2 atom stereocenters. The summed E-state index contributed by atoms with van der Waals surface area (Å²) < 4.78 is 11.0. The van der Waals surface area contributed by atoms with E-state index in [1.54, 1.807) is 7.11 Å². The number of benzene rings is 1. The van der Waals surface area contributed by atoms with Gasteiger partial charge in [0.25, 0.3) is 5.91 Å². The third-order valence-corrected chi connectivity index (χ3v) is 5.79. The molecule has 1 aromatic rings. The number of rotatable bonds is 6. The SMILES string of the molecule is COc1ccc([C@@H]2[C@@H](C(=O)NCC3=CCCCC3)OCC(=O)N2C2CC2)cc1. The first-order valence-corrected chi connectivity index (χ1v) is 10.2. The molecule has 1 saturated heterocycles. The lowest BCUT2D eigenvalue weighted by Crippen LogP contribution is -2.55. The summed E-state index contributed by atoms with van der Waals surface area (Å²) in [4.78, 5) is 27.5. The standard InChI is InChI=1S/C22H28N2O4/c1-27-18-11-7-16(8-12-18)20-21(28-14-19(25)24(20)17-9-10-17)22(26)23-13-15-5-3-2-4-6-15/h5,7-8,11-12,17,20-21H,2-4,6,9-10,13-14H2,1H3,(H,23,26)/t20-,21+/m1/s1. The molecule has 1 saturated carbocycles. The lowest BCUT2D eigenvalue weighted by molar-refractivity contribution is -0.165. The molecular formula is C22H28N2O4. The van der Waals surface area contributed by atoms with Crippen molar-refractivity contribution < 1.29 is 19.1 Å². The normalized spacial score (nSPS) is 25.2. The van der Waals surface area contributed by atoms with Gasteiger partial charge in [-0.3, -0.25) is 9.59 Å². The smallest absolute Gasteiger partial charge is 0.251 e. The zero-order chi connectivity index (χ0) is 19.5. The van der Waals surface area contributed by atoms with Crippen molar-refractivity contribution in [3.8, 4) is 5.75 Å². The minimum absolute atomic E-state index is 0.0378. The minimum Gasteiger partial charge on any atom is -0.497 e. The third kappa shape index (κ3) is 4.07. The van der Waals surface area contributed by atoms with Crippen LogP contribution in [0, 0.1) is 0 Å². The molecule has 2 amide bonds. The Hall–Kier alpha value is -2.34. The van der Waals surface area contributed by atoms with Crippen LogP contribution in [0.15, 0.2) is 35.9 Å². The van der Waals surface area contributed by atoms with Gasteiger partial charge in [0.15, 0.2) is 6.10 Å². The number of hydrogen-bond acceptors (Lipinski definition) is 4. The molecule has 0 spiro atoms. The van der Waals surface area contributed by atoms with E-state index in [2.05, 4.69) is 11.4 Å². The second kappa shape index (κ2) is 8.35. The molecule has 1 N–H and O–H groups in total. The minimum atomic E-state index is -0.698. The quantitative estimate of drug-likeness (QED) is 0.766. The van der Waals surface area contributed by atoms with Gasteiger partial charge in [0.05, 0.1) is 13.2 Å². The summed E-state index contributed by atoms with van der Waals surface area (Å²) >= 11 is 0. The van der Waals surface area contributed by atoms with Crippen molar-refractivity contribution in [2.24, 2.45) is 0 Å². The maximum absolute atomic E-state index is 13.0. The largest absolute Gasteiger partial charge is 0.497 e.